The van der Waals surface area contributed by atoms with E-state index < -0.39 is 5.91 Å². The van der Waals surface area contributed by atoms with Crippen LogP contribution in [0.15, 0.2) is 57.4 Å². The van der Waals surface area contributed by atoms with Crippen LogP contribution in [0.2, 0.25) is 0 Å². The van der Waals surface area contributed by atoms with Gasteiger partial charge in [0.05, 0.1) is 24.6 Å². The van der Waals surface area contributed by atoms with E-state index in [0.717, 1.165) is 11.9 Å². The van der Waals surface area contributed by atoms with Gasteiger partial charge in [-0.1, -0.05) is 36.0 Å². The Bertz CT molecular complexity index is 1160. The molecule has 0 radical (unpaired) electrons. The smallest absolute Gasteiger partial charge is 0.283 e. The van der Waals surface area contributed by atoms with E-state index in [1.807, 2.05) is 6.26 Å². The number of nitrogens with zero attached hydrogens (tertiary/aromatic N) is 3. The van der Waals surface area contributed by atoms with Crippen molar-refractivity contribution in [1.82, 2.24) is 4.90 Å². The monoisotopic (exact) mass is 456 g/mol. The van der Waals surface area contributed by atoms with Crippen molar-refractivity contribution in [1.29, 1.82) is 5.41 Å². The number of nitrogens with one attached hydrogen (secondary N) is 1. The van der Waals surface area contributed by atoms with Crippen molar-refractivity contribution in [3.8, 4) is 11.5 Å². The van der Waals surface area contributed by atoms with Gasteiger partial charge in [-0.05, 0) is 36.1 Å². The van der Waals surface area contributed by atoms with Gasteiger partial charge >= 0.3 is 0 Å². The highest BCUT2D eigenvalue weighted by atomic mass is 32.2. The van der Waals surface area contributed by atoms with Crippen LogP contribution in [-0.4, -0.2) is 40.3 Å². The summed E-state index contributed by atoms with van der Waals surface area (Å²) in [5, 5.41) is 9.45. The second-order valence-electron chi connectivity index (χ2n) is 6.40. The Hall–Kier alpha value is -3.11. The molecule has 2 heterocycles. The van der Waals surface area contributed by atoms with Gasteiger partial charge in [0.1, 0.15) is 18.3 Å². The lowest BCUT2D eigenvalue weighted by Crippen LogP contribution is -2.41. The van der Waals surface area contributed by atoms with E-state index in [0.29, 0.717) is 33.0 Å². The van der Waals surface area contributed by atoms with Gasteiger partial charge in [0.2, 0.25) is 5.17 Å². The van der Waals surface area contributed by atoms with Crippen molar-refractivity contribution in [2.45, 2.75) is 6.61 Å². The molecule has 10 heteroatoms. The molecule has 0 spiro atoms. The van der Waals surface area contributed by atoms with E-state index in [4.69, 9.17) is 14.9 Å². The minimum Gasteiger partial charge on any atom is -0.493 e. The minimum absolute atomic E-state index is 0.0203. The number of benzene rings is 2. The molecule has 0 atom stereocenters. The van der Waals surface area contributed by atoms with Crippen LogP contribution in [0.3, 0.4) is 0 Å². The molecule has 1 N–H and O–H groups in total. The first-order chi connectivity index (χ1) is 15.0. The number of hydrogen-bond acceptors (Lipinski definition) is 7. The third-order valence-corrected chi connectivity index (χ3v) is 5.97. The van der Waals surface area contributed by atoms with Crippen LogP contribution in [0.4, 0.5) is 4.39 Å². The molecule has 31 heavy (non-hydrogen) atoms. The maximum Gasteiger partial charge on any atom is 0.283 e. The highest BCUT2D eigenvalue weighted by Crippen LogP contribution is 2.33. The fraction of sp³-hybridized carbons (Fsp3) is 0.143. The zero-order valence-electron chi connectivity index (χ0n) is 16.6. The third-order valence-electron chi connectivity index (χ3n) is 4.52. The lowest BCUT2D eigenvalue weighted by Gasteiger charge is -2.23. The molecule has 0 saturated carbocycles. The van der Waals surface area contributed by atoms with Gasteiger partial charge in [-0.15, -0.1) is 0 Å². The molecule has 4 rings (SSSR count). The number of amidine groups is 3. The second kappa shape index (κ2) is 8.94. The Labute approximate surface area is 186 Å². The summed E-state index contributed by atoms with van der Waals surface area (Å²) in [5.41, 5.74) is 1.21. The highest BCUT2D eigenvalue weighted by molar-refractivity contribution is 8.18. The number of hydrogen-bond donors (Lipinski definition) is 1. The molecule has 7 nitrogen and oxygen atoms in total. The largest absolute Gasteiger partial charge is 0.493 e. The van der Waals surface area contributed by atoms with Gasteiger partial charge in [0.15, 0.2) is 16.7 Å². The van der Waals surface area contributed by atoms with Crippen LogP contribution in [0.25, 0.3) is 6.08 Å². The van der Waals surface area contributed by atoms with Crippen LogP contribution in [-0.2, 0) is 11.4 Å². The summed E-state index contributed by atoms with van der Waals surface area (Å²) in [7, 11) is 1.50. The van der Waals surface area contributed by atoms with Crippen molar-refractivity contribution in [3.05, 3.63) is 65.0 Å². The molecular formula is C21H17FN4O3S2. The molecule has 1 amide bonds. The van der Waals surface area contributed by atoms with Crippen molar-refractivity contribution in [2.24, 2.45) is 9.39 Å². The van der Waals surface area contributed by atoms with Crippen LogP contribution >= 0.6 is 23.7 Å². The molecule has 0 unspecified atom stereocenters. The van der Waals surface area contributed by atoms with E-state index in [2.05, 4.69) is 9.39 Å². The molecule has 0 bridgehead atoms. The quantitative estimate of drug-likeness (QED) is 0.532. The van der Waals surface area contributed by atoms with Crippen LogP contribution in [0, 0.1) is 11.2 Å². The van der Waals surface area contributed by atoms with Crippen molar-refractivity contribution in [3.63, 3.8) is 0 Å². The lowest BCUT2D eigenvalue weighted by molar-refractivity contribution is -0.114. The molecule has 0 aliphatic carbocycles. The molecule has 0 aromatic heterocycles. The molecule has 2 aromatic carbocycles. The number of carbonyl (C=O) groups is 1. The second-order valence-corrected chi connectivity index (χ2v) is 7.90. The number of halogens is 1. The van der Waals surface area contributed by atoms with E-state index in [-0.39, 0.29) is 23.8 Å². The first-order valence-corrected chi connectivity index (χ1v) is 11.1. The van der Waals surface area contributed by atoms with Gasteiger partial charge in [-0.2, -0.15) is 9.39 Å². The van der Waals surface area contributed by atoms with Crippen molar-refractivity contribution in [2.75, 3.05) is 13.4 Å². The summed E-state index contributed by atoms with van der Waals surface area (Å²) < 4.78 is 29.2. The number of fused-ring (bicyclic) bond motifs is 1. The molecule has 0 fully saturated rings. The number of methoxy groups -OCH3 is 1. The first-order valence-electron chi connectivity index (χ1n) is 9.09. The Morgan fingerprint density at radius 3 is 2.81 bits per heavy atom. The number of aliphatic imine (C=N–C) groups is 1. The Kier molecular flexibility index (Phi) is 6.10. The van der Waals surface area contributed by atoms with Gasteiger partial charge in [-0.25, -0.2) is 9.29 Å². The zero-order valence-corrected chi connectivity index (χ0v) is 18.2. The van der Waals surface area contributed by atoms with E-state index in [1.165, 1.54) is 24.9 Å². The van der Waals surface area contributed by atoms with Crippen LogP contribution in [0.5, 0.6) is 11.5 Å². The number of thioether (sulfide) groups is 1. The van der Waals surface area contributed by atoms with E-state index in [9.17, 15) is 9.18 Å². The Balaban J connectivity index is 1.58. The van der Waals surface area contributed by atoms with Crippen LogP contribution in [0.1, 0.15) is 11.1 Å². The van der Waals surface area contributed by atoms with Gasteiger partial charge in [-0.3, -0.25) is 10.2 Å². The summed E-state index contributed by atoms with van der Waals surface area (Å²) in [6.45, 7) is 0.0491. The van der Waals surface area contributed by atoms with Gasteiger partial charge < -0.3 is 9.47 Å². The summed E-state index contributed by atoms with van der Waals surface area (Å²) in [4.78, 5) is 18.1. The molecule has 0 saturated heterocycles. The van der Waals surface area contributed by atoms with Crippen molar-refractivity contribution < 1.29 is 18.7 Å². The average Bonchev–Trinajstić information content (AvgIpc) is 3.19. The summed E-state index contributed by atoms with van der Waals surface area (Å²) in [6, 6.07) is 11.5. The predicted molar refractivity (Wildman–Crippen MR) is 122 cm³/mol. The fourth-order valence-corrected chi connectivity index (χ4v) is 4.42. The first kappa shape index (κ1) is 21.1. The fourth-order valence-electron chi connectivity index (χ4n) is 2.96. The highest BCUT2D eigenvalue weighted by Gasteiger charge is 2.37. The molecule has 2 aromatic rings. The van der Waals surface area contributed by atoms with Crippen LogP contribution < -0.4 is 9.47 Å². The summed E-state index contributed by atoms with van der Waals surface area (Å²) >= 11 is 2.45. The standard InChI is InChI=1S/C21H17FN4O3S2/c1-28-17-10-12(7-8-16(17)29-11-13-5-3-4-6-15(13)22)9-14-18(23)26-20(24-19(14)27)31-25-21(26)30-2/h3-10,23H,11H2,1-2H3/b14-9-,23-18?. The van der Waals surface area contributed by atoms with E-state index >= 15 is 0 Å². The van der Waals surface area contributed by atoms with Crippen molar-refractivity contribution >= 4 is 51.9 Å². The SMILES string of the molecule is COc1cc(/C=C2/C(=N)N3C(SC)=NSC3=NC2=O)ccc1OCc1ccccc1F. The molecular weight excluding hydrogens is 439 g/mol. The summed E-state index contributed by atoms with van der Waals surface area (Å²) in [5.74, 6) is 0.0381. The minimum atomic E-state index is -0.500. The topological polar surface area (TPSA) is 87.3 Å². The normalized spacial score (nSPS) is 16.9. The molecule has 158 valence electrons. The summed E-state index contributed by atoms with van der Waals surface area (Å²) in [6.07, 6.45) is 3.43. The maximum atomic E-state index is 13.8. The zero-order chi connectivity index (χ0) is 22.0. The Morgan fingerprint density at radius 2 is 2.06 bits per heavy atom. The number of ether oxygens (including phenoxy) is 2. The Morgan fingerprint density at radius 1 is 1.26 bits per heavy atom. The number of amides is 1. The maximum absolute atomic E-state index is 13.8. The third kappa shape index (κ3) is 4.21. The average molecular weight is 457 g/mol. The predicted octanol–water partition coefficient (Wildman–Crippen LogP) is 4.35. The number of carbonyl (C=O) groups excluding carboxylic acids is 1. The van der Waals surface area contributed by atoms with Gasteiger partial charge in [0.25, 0.3) is 5.91 Å². The number of rotatable bonds is 5. The van der Waals surface area contributed by atoms with Gasteiger partial charge in [0, 0.05) is 5.56 Å². The van der Waals surface area contributed by atoms with E-state index in [1.54, 1.807) is 47.4 Å². The lowest BCUT2D eigenvalue weighted by atomic mass is 10.1. The molecule has 2 aliphatic heterocycles. The molecule has 2 aliphatic rings.